The summed E-state index contributed by atoms with van der Waals surface area (Å²) in [5, 5.41) is 7.17. The molecule has 2 aromatic heterocycles. The molecular formula is C23H28N4O2S. The monoisotopic (exact) mass is 424 g/mol. The number of hydrogen-bond donors (Lipinski definition) is 2. The topological polar surface area (TPSA) is 78.1 Å². The number of benzene rings is 1. The summed E-state index contributed by atoms with van der Waals surface area (Å²) in [6.45, 7) is 5.87. The quantitative estimate of drug-likeness (QED) is 0.629. The second-order valence-corrected chi connectivity index (χ2v) is 9.12. The van der Waals surface area contributed by atoms with E-state index in [0.29, 0.717) is 18.8 Å². The van der Waals surface area contributed by atoms with Crippen molar-refractivity contribution in [3.05, 3.63) is 52.1 Å². The highest BCUT2D eigenvalue weighted by molar-refractivity contribution is 7.09. The van der Waals surface area contributed by atoms with Crippen LogP contribution in [0.25, 0.3) is 10.9 Å². The van der Waals surface area contributed by atoms with Gasteiger partial charge < -0.3 is 15.2 Å². The van der Waals surface area contributed by atoms with Crippen LogP contribution < -0.4 is 5.32 Å². The molecule has 158 valence electrons. The second kappa shape index (κ2) is 9.00. The number of amides is 2. The number of H-pyrrole nitrogens is 1. The molecule has 2 N–H and O–H groups in total. The summed E-state index contributed by atoms with van der Waals surface area (Å²) in [4.78, 5) is 34.7. The van der Waals surface area contributed by atoms with Gasteiger partial charge in [0.15, 0.2) is 0 Å². The average molecular weight is 425 g/mol. The van der Waals surface area contributed by atoms with Crippen LogP contribution in [0.2, 0.25) is 0 Å². The van der Waals surface area contributed by atoms with Crippen molar-refractivity contribution in [2.24, 2.45) is 5.92 Å². The van der Waals surface area contributed by atoms with Gasteiger partial charge in [-0.2, -0.15) is 0 Å². The number of aromatic amines is 1. The highest BCUT2D eigenvalue weighted by Crippen LogP contribution is 2.30. The fourth-order valence-electron chi connectivity index (χ4n) is 3.86. The van der Waals surface area contributed by atoms with Crippen LogP contribution in [0.15, 0.2) is 35.7 Å². The van der Waals surface area contributed by atoms with Gasteiger partial charge in [0, 0.05) is 54.2 Å². The van der Waals surface area contributed by atoms with Crippen LogP contribution >= 0.6 is 11.3 Å². The van der Waals surface area contributed by atoms with E-state index in [0.717, 1.165) is 47.4 Å². The van der Waals surface area contributed by atoms with E-state index in [1.54, 1.807) is 11.3 Å². The minimum atomic E-state index is -0.000909. The first-order valence-corrected chi connectivity index (χ1v) is 11.5. The van der Waals surface area contributed by atoms with Crippen LogP contribution in [0.5, 0.6) is 0 Å². The van der Waals surface area contributed by atoms with Crippen molar-refractivity contribution in [1.29, 1.82) is 0 Å². The summed E-state index contributed by atoms with van der Waals surface area (Å²) < 4.78 is 0. The minimum absolute atomic E-state index is 0.000909. The third-order valence-corrected chi connectivity index (χ3v) is 6.65. The zero-order valence-electron chi connectivity index (χ0n) is 17.5. The Hall–Kier alpha value is -2.67. The number of nitrogens with one attached hydrogen (secondary N) is 2. The van der Waals surface area contributed by atoms with E-state index in [4.69, 9.17) is 4.98 Å². The fraction of sp³-hybridized carbons (Fsp3) is 0.435. The summed E-state index contributed by atoms with van der Waals surface area (Å²) >= 11 is 1.66. The van der Waals surface area contributed by atoms with Crippen molar-refractivity contribution < 1.29 is 9.59 Å². The van der Waals surface area contributed by atoms with Crippen molar-refractivity contribution in [3.8, 4) is 0 Å². The number of rotatable bonds is 6. The molecule has 1 atom stereocenters. The van der Waals surface area contributed by atoms with E-state index in [2.05, 4.69) is 15.7 Å². The molecule has 30 heavy (non-hydrogen) atoms. The number of thiazole rings is 1. The van der Waals surface area contributed by atoms with Gasteiger partial charge in [-0.3, -0.25) is 9.59 Å². The Labute approximate surface area is 180 Å². The van der Waals surface area contributed by atoms with Crippen LogP contribution in [0.1, 0.15) is 53.8 Å². The molecule has 0 saturated carbocycles. The summed E-state index contributed by atoms with van der Waals surface area (Å²) in [6.07, 6.45) is 2.77. The SMILES string of the molecule is CC(C)C(=O)NCCc1csc(C2CCCN(C(=O)c3cc4ccccc4[nH]3)C2)n1. The Morgan fingerprint density at radius 1 is 1.33 bits per heavy atom. The fourth-order valence-corrected chi connectivity index (χ4v) is 4.85. The van der Waals surface area contributed by atoms with E-state index >= 15 is 0 Å². The lowest BCUT2D eigenvalue weighted by molar-refractivity contribution is -0.123. The summed E-state index contributed by atoms with van der Waals surface area (Å²) in [7, 11) is 0. The van der Waals surface area contributed by atoms with Gasteiger partial charge in [-0.25, -0.2) is 4.98 Å². The number of piperidine rings is 1. The van der Waals surface area contributed by atoms with E-state index in [1.165, 1.54) is 0 Å². The first-order valence-electron chi connectivity index (χ1n) is 10.6. The molecule has 1 aliphatic heterocycles. The highest BCUT2D eigenvalue weighted by atomic mass is 32.1. The van der Waals surface area contributed by atoms with E-state index in [-0.39, 0.29) is 23.7 Å². The lowest BCUT2D eigenvalue weighted by atomic mass is 9.98. The largest absolute Gasteiger partial charge is 0.355 e. The second-order valence-electron chi connectivity index (χ2n) is 8.23. The molecule has 1 aliphatic rings. The molecule has 1 aromatic carbocycles. The summed E-state index contributed by atoms with van der Waals surface area (Å²) in [5.74, 6) is 0.406. The molecule has 6 nitrogen and oxygen atoms in total. The van der Waals surface area contributed by atoms with Crippen LogP contribution in [0.3, 0.4) is 0 Å². The molecule has 3 aromatic rings. The molecule has 3 heterocycles. The minimum Gasteiger partial charge on any atom is -0.355 e. The maximum Gasteiger partial charge on any atom is 0.270 e. The molecule has 0 radical (unpaired) electrons. The molecule has 7 heteroatoms. The number of carbonyl (C=O) groups excluding carboxylic acids is 2. The smallest absolute Gasteiger partial charge is 0.270 e. The van der Waals surface area contributed by atoms with Gasteiger partial charge in [0.2, 0.25) is 5.91 Å². The molecule has 0 bridgehead atoms. The number of hydrogen-bond acceptors (Lipinski definition) is 4. The van der Waals surface area contributed by atoms with Gasteiger partial charge in [-0.1, -0.05) is 32.0 Å². The zero-order chi connectivity index (χ0) is 21.1. The van der Waals surface area contributed by atoms with E-state index < -0.39 is 0 Å². The van der Waals surface area contributed by atoms with Crippen LogP contribution in [-0.2, 0) is 11.2 Å². The molecule has 1 unspecified atom stereocenters. The van der Waals surface area contributed by atoms with E-state index in [1.807, 2.05) is 49.1 Å². The molecule has 4 rings (SSSR count). The Morgan fingerprint density at radius 2 is 2.17 bits per heavy atom. The zero-order valence-corrected chi connectivity index (χ0v) is 18.3. The molecule has 2 amide bonds. The Bertz CT molecular complexity index is 1010. The predicted octanol–water partition coefficient (Wildman–Crippen LogP) is 3.96. The predicted molar refractivity (Wildman–Crippen MR) is 120 cm³/mol. The maximum absolute atomic E-state index is 13.0. The average Bonchev–Trinajstić information content (AvgIpc) is 3.40. The van der Waals surface area contributed by atoms with Crippen LogP contribution in [0, 0.1) is 5.92 Å². The normalized spacial score (nSPS) is 16.9. The van der Waals surface area contributed by atoms with Gasteiger partial charge in [0.1, 0.15) is 5.69 Å². The first-order chi connectivity index (χ1) is 14.5. The molecule has 0 spiro atoms. The number of nitrogens with zero attached hydrogens (tertiary/aromatic N) is 2. The molecular weight excluding hydrogens is 396 g/mol. The molecule has 0 aliphatic carbocycles. The number of likely N-dealkylation sites (tertiary alicyclic amines) is 1. The maximum atomic E-state index is 13.0. The van der Waals surface area contributed by atoms with Crippen molar-refractivity contribution >= 4 is 34.1 Å². The third kappa shape index (κ3) is 4.56. The first kappa shape index (κ1) is 20.6. The van der Waals surface area contributed by atoms with Crippen molar-refractivity contribution in [2.75, 3.05) is 19.6 Å². The lowest BCUT2D eigenvalue weighted by Crippen LogP contribution is -2.39. The standard InChI is InChI=1S/C23H28N4O2S/c1-15(2)21(28)24-10-9-18-14-30-22(25-18)17-7-5-11-27(13-17)23(29)20-12-16-6-3-4-8-19(16)26-20/h3-4,6,8,12,14-15,17,26H,5,7,9-11,13H2,1-2H3,(H,24,28). The van der Waals surface area contributed by atoms with Gasteiger partial charge in [-0.15, -0.1) is 11.3 Å². The lowest BCUT2D eigenvalue weighted by Gasteiger charge is -2.31. The van der Waals surface area contributed by atoms with Gasteiger partial charge in [0.05, 0.1) is 10.7 Å². The van der Waals surface area contributed by atoms with Crippen molar-refractivity contribution in [2.45, 2.75) is 39.0 Å². The Kier molecular flexibility index (Phi) is 6.18. The number of carbonyl (C=O) groups is 2. The van der Waals surface area contributed by atoms with Crippen molar-refractivity contribution in [3.63, 3.8) is 0 Å². The number of fused-ring (bicyclic) bond motifs is 1. The van der Waals surface area contributed by atoms with Crippen LogP contribution in [0.4, 0.5) is 0 Å². The summed E-state index contributed by atoms with van der Waals surface area (Å²) in [5.41, 5.74) is 2.65. The number of aromatic nitrogens is 2. The Morgan fingerprint density at radius 3 is 2.97 bits per heavy atom. The number of para-hydroxylation sites is 1. The molecule has 1 fully saturated rings. The highest BCUT2D eigenvalue weighted by Gasteiger charge is 2.28. The Balaban J connectivity index is 1.37. The summed E-state index contributed by atoms with van der Waals surface area (Å²) in [6, 6.07) is 9.90. The third-order valence-electron chi connectivity index (χ3n) is 5.59. The van der Waals surface area contributed by atoms with Gasteiger partial charge in [-0.05, 0) is 25.0 Å². The van der Waals surface area contributed by atoms with Gasteiger partial charge >= 0.3 is 0 Å². The van der Waals surface area contributed by atoms with E-state index in [9.17, 15) is 9.59 Å². The molecule has 1 saturated heterocycles. The van der Waals surface area contributed by atoms with Crippen LogP contribution in [-0.4, -0.2) is 46.3 Å². The van der Waals surface area contributed by atoms with Gasteiger partial charge in [0.25, 0.3) is 5.91 Å². The van der Waals surface area contributed by atoms with Crippen molar-refractivity contribution in [1.82, 2.24) is 20.2 Å².